The molecular weight excluding hydrogens is 230 g/mol. The highest BCUT2D eigenvalue weighted by atomic mass is 35.5. The number of benzene rings is 1. The van der Waals surface area contributed by atoms with Crippen LogP contribution in [0.5, 0.6) is 5.75 Å². The second kappa shape index (κ2) is 6.35. The van der Waals surface area contributed by atoms with E-state index in [1.54, 1.807) is 31.2 Å². The second-order valence-corrected chi connectivity index (χ2v) is 3.50. The van der Waals surface area contributed by atoms with Crippen LogP contribution in [0.1, 0.15) is 12.5 Å². The zero-order valence-electron chi connectivity index (χ0n) is 8.94. The molecule has 0 aromatic heterocycles. The van der Waals surface area contributed by atoms with Crippen molar-refractivity contribution in [1.29, 1.82) is 0 Å². The van der Waals surface area contributed by atoms with Gasteiger partial charge in [0.05, 0.1) is 6.61 Å². The molecule has 16 heavy (non-hydrogen) atoms. The highest BCUT2D eigenvalue weighted by Gasteiger charge is 2.18. The number of nitrogens with one attached hydrogen (secondary N) is 1. The fraction of sp³-hybridized carbons (Fsp3) is 0.364. The van der Waals surface area contributed by atoms with Gasteiger partial charge in [-0.25, -0.2) is 4.84 Å². The van der Waals surface area contributed by atoms with Gasteiger partial charge in [0.1, 0.15) is 11.8 Å². The van der Waals surface area contributed by atoms with Crippen molar-refractivity contribution in [2.45, 2.75) is 19.4 Å². The largest absolute Gasteiger partial charge is 0.508 e. The van der Waals surface area contributed by atoms with Crippen LogP contribution in [0, 0.1) is 0 Å². The van der Waals surface area contributed by atoms with Crippen molar-refractivity contribution in [3.63, 3.8) is 0 Å². The average molecular weight is 244 g/mol. The molecule has 4 nitrogen and oxygen atoms in total. The summed E-state index contributed by atoms with van der Waals surface area (Å²) in [5.41, 5.74) is 0.893. The van der Waals surface area contributed by atoms with Crippen LogP contribution in [0.4, 0.5) is 0 Å². The fourth-order valence-corrected chi connectivity index (χ4v) is 1.44. The van der Waals surface area contributed by atoms with Crippen LogP contribution in [0.25, 0.3) is 0 Å². The molecule has 0 aliphatic carbocycles. The number of phenolic OH excluding ortho intramolecular Hbond substituents is 1. The summed E-state index contributed by atoms with van der Waals surface area (Å²) in [7, 11) is 0. The Kier molecular flexibility index (Phi) is 5.08. The minimum Gasteiger partial charge on any atom is -0.508 e. The van der Waals surface area contributed by atoms with Crippen LogP contribution in [-0.4, -0.2) is 23.7 Å². The van der Waals surface area contributed by atoms with Gasteiger partial charge in [-0.05, 0) is 42.8 Å². The molecular formula is C11H14ClNO3. The topological polar surface area (TPSA) is 58.6 Å². The molecule has 2 N–H and O–H groups in total. The van der Waals surface area contributed by atoms with Crippen molar-refractivity contribution in [1.82, 2.24) is 4.84 Å². The van der Waals surface area contributed by atoms with Gasteiger partial charge in [-0.2, -0.15) is 0 Å². The number of phenols is 1. The molecule has 1 atom stereocenters. The Morgan fingerprint density at radius 2 is 2.12 bits per heavy atom. The summed E-state index contributed by atoms with van der Waals surface area (Å²) in [6.07, 6.45) is 0.419. The Balaban J connectivity index is 2.62. The lowest BCUT2D eigenvalue weighted by atomic mass is 10.1. The maximum absolute atomic E-state index is 11.4. The van der Waals surface area contributed by atoms with E-state index >= 15 is 0 Å². The van der Waals surface area contributed by atoms with Gasteiger partial charge in [-0.3, -0.25) is 4.79 Å². The number of carbonyl (C=O) groups excluding carboxylic acids is 1. The van der Waals surface area contributed by atoms with Crippen LogP contribution in [-0.2, 0) is 16.0 Å². The van der Waals surface area contributed by atoms with Crippen LogP contribution in [0.2, 0.25) is 0 Å². The molecule has 0 bridgehead atoms. The Morgan fingerprint density at radius 1 is 1.50 bits per heavy atom. The number of esters is 1. The molecule has 0 saturated carbocycles. The van der Waals surface area contributed by atoms with Gasteiger partial charge in [-0.15, -0.1) is 0 Å². The summed E-state index contributed by atoms with van der Waals surface area (Å²) in [4.78, 5) is 13.8. The van der Waals surface area contributed by atoms with E-state index in [0.717, 1.165) is 5.56 Å². The molecule has 1 aromatic carbocycles. The molecule has 0 aliphatic rings. The van der Waals surface area contributed by atoms with E-state index in [-0.39, 0.29) is 11.7 Å². The summed E-state index contributed by atoms with van der Waals surface area (Å²) < 4.78 is 4.86. The van der Waals surface area contributed by atoms with Gasteiger partial charge >= 0.3 is 5.97 Å². The number of hydrogen-bond acceptors (Lipinski definition) is 4. The van der Waals surface area contributed by atoms with E-state index in [4.69, 9.17) is 21.6 Å². The lowest BCUT2D eigenvalue weighted by Crippen LogP contribution is -2.34. The Hall–Kier alpha value is -1.26. The SMILES string of the molecule is CCOC(=O)[C@H](Cc1ccc(O)cc1)NCl. The summed E-state index contributed by atoms with van der Waals surface area (Å²) >= 11 is 5.48. The monoisotopic (exact) mass is 243 g/mol. The van der Waals surface area contributed by atoms with E-state index in [2.05, 4.69) is 4.84 Å². The molecule has 0 spiro atoms. The predicted molar refractivity (Wildman–Crippen MR) is 61.2 cm³/mol. The summed E-state index contributed by atoms with van der Waals surface area (Å²) in [6, 6.07) is 6.01. The smallest absolute Gasteiger partial charge is 0.324 e. The molecule has 0 saturated heterocycles. The normalized spacial score (nSPS) is 12.1. The lowest BCUT2D eigenvalue weighted by Gasteiger charge is -2.13. The van der Waals surface area contributed by atoms with Crippen molar-refractivity contribution >= 4 is 17.7 Å². The summed E-state index contributed by atoms with van der Waals surface area (Å²) in [5.74, 6) is -0.194. The van der Waals surface area contributed by atoms with E-state index in [1.165, 1.54) is 0 Å². The molecule has 88 valence electrons. The number of hydrogen-bond donors (Lipinski definition) is 2. The molecule has 0 fully saturated rings. The number of rotatable bonds is 5. The van der Waals surface area contributed by atoms with Crippen molar-refractivity contribution in [3.05, 3.63) is 29.8 Å². The molecule has 1 aromatic rings. The van der Waals surface area contributed by atoms with Gasteiger partial charge in [0, 0.05) is 0 Å². The zero-order chi connectivity index (χ0) is 12.0. The minimum absolute atomic E-state index is 0.190. The van der Waals surface area contributed by atoms with Crippen molar-refractivity contribution < 1.29 is 14.6 Å². The van der Waals surface area contributed by atoms with Crippen molar-refractivity contribution in [3.8, 4) is 5.75 Å². The van der Waals surface area contributed by atoms with Gasteiger partial charge in [0.15, 0.2) is 0 Å². The standard InChI is InChI=1S/C11H14ClNO3/c1-2-16-11(15)10(13-12)7-8-3-5-9(14)6-4-8/h3-6,10,13-14H,2,7H2,1H3/t10-/m0/s1. The minimum atomic E-state index is -0.578. The Morgan fingerprint density at radius 3 is 2.62 bits per heavy atom. The molecule has 0 aliphatic heterocycles. The highest BCUT2D eigenvalue weighted by molar-refractivity contribution is 6.14. The number of halogens is 1. The maximum Gasteiger partial charge on any atom is 0.324 e. The molecule has 0 amide bonds. The van der Waals surface area contributed by atoms with E-state index < -0.39 is 6.04 Å². The number of ether oxygens (including phenoxy) is 1. The third-order valence-corrected chi connectivity index (χ3v) is 2.34. The number of carbonyl (C=O) groups is 1. The number of aromatic hydroxyl groups is 1. The molecule has 0 heterocycles. The first kappa shape index (κ1) is 12.8. The Bertz CT molecular complexity index is 340. The van der Waals surface area contributed by atoms with Gasteiger partial charge < -0.3 is 9.84 Å². The van der Waals surface area contributed by atoms with Gasteiger partial charge in [0.2, 0.25) is 0 Å². The molecule has 1 rings (SSSR count). The fourth-order valence-electron chi connectivity index (χ4n) is 1.28. The molecule has 0 unspecified atom stereocenters. The molecule has 0 radical (unpaired) electrons. The quantitative estimate of drug-likeness (QED) is 0.609. The van der Waals surface area contributed by atoms with Crippen LogP contribution in [0.3, 0.4) is 0 Å². The third kappa shape index (κ3) is 3.72. The third-order valence-electron chi connectivity index (χ3n) is 2.08. The van der Waals surface area contributed by atoms with E-state index in [9.17, 15) is 4.79 Å². The van der Waals surface area contributed by atoms with Crippen molar-refractivity contribution in [2.75, 3.05) is 6.61 Å². The van der Waals surface area contributed by atoms with Crippen LogP contribution >= 0.6 is 11.8 Å². The maximum atomic E-state index is 11.4. The van der Waals surface area contributed by atoms with Crippen molar-refractivity contribution in [2.24, 2.45) is 0 Å². The Labute approximate surface area is 99.3 Å². The first-order valence-electron chi connectivity index (χ1n) is 4.98. The predicted octanol–water partition coefficient (Wildman–Crippen LogP) is 1.61. The first-order valence-corrected chi connectivity index (χ1v) is 5.36. The summed E-state index contributed by atoms with van der Waals surface area (Å²) in [5, 5.41) is 9.11. The second-order valence-electron chi connectivity index (χ2n) is 3.28. The van der Waals surface area contributed by atoms with E-state index in [0.29, 0.717) is 13.0 Å². The first-order chi connectivity index (χ1) is 7.67. The lowest BCUT2D eigenvalue weighted by molar-refractivity contribution is -0.145. The van der Waals surface area contributed by atoms with Crippen LogP contribution < -0.4 is 4.84 Å². The zero-order valence-corrected chi connectivity index (χ0v) is 9.70. The van der Waals surface area contributed by atoms with E-state index in [1.807, 2.05) is 0 Å². The highest BCUT2D eigenvalue weighted by Crippen LogP contribution is 2.12. The average Bonchev–Trinajstić information content (AvgIpc) is 2.28. The van der Waals surface area contributed by atoms with Crippen LogP contribution in [0.15, 0.2) is 24.3 Å². The molecule has 5 heteroatoms. The summed E-state index contributed by atoms with van der Waals surface area (Å²) in [6.45, 7) is 2.06. The van der Waals surface area contributed by atoms with Gasteiger partial charge in [0.25, 0.3) is 0 Å². The van der Waals surface area contributed by atoms with Gasteiger partial charge in [-0.1, -0.05) is 12.1 Å².